The number of thioether (sulfide) groups is 1. The third-order valence-corrected chi connectivity index (χ3v) is 8.25. The highest BCUT2D eigenvalue weighted by atomic mass is 32.2. The number of hydrogen-bond donors (Lipinski definition) is 2. The van der Waals surface area contributed by atoms with E-state index in [-0.39, 0.29) is 23.5 Å². The number of allylic oxidation sites excluding steroid dienone is 1. The van der Waals surface area contributed by atoms with E-state index in [0.717, 1.165) is 16.5 Å². The molecule has 1 amide bonds. The summed E-state index contributed by atoms with van der Waals surface area (Å²) in [6.45, 7) is 6.53. The topological polar surface area (TPSA) is 170 Å². The van der Waals surface area contributed by atoms with Gasteiger partial charge < -0.3 is 9.84 Å². The summed E-state index contributed by atoms with van der Waals surface area (Å²) in [5, 5.41) is 30.9. The maximum absolute atomic E-state index is 14.1. The van der Waals surface area contributed by atoms with Gasteiger partial charge in [-0.1, -0.05) is 51.6 Å². The number of β-lactam (4-membered cyclic amide) rings is 1. The Labute approximate surface area is 251 Å². The van der Waals surface area contributed by atoms with Crippen LogP contribution in [0.25, 0.3) is 0 Å². The first-order chi connectivity index (χ1) is 19.7. The van der Waals surface area contributed by atoms with Crippen molar-refractivity contribution in [3.8, 4) is 5.75 Å². The van der Waals surface area contributed by atoms with Gasteiger partial charge in [-0.05, 0) is 37.1 Å². The number of ketones is 1. The lowest BCUT2D eigenvalue weighted by Crippen LogP contribution is -2.63. The summed E-state index contributed by atoms with van der Waals surface area (Å²) in [7, 11) is 0. The van der Waals surface area contributed by atoms with Gasteiger partial charge in [0.2, 0.25) is 16.8 Å². The Morgan fingerprint density at radius 1 is 1.12 bits per heavy atom. The molecule has 12 nitrogen and oxygen atoms in total. The van der Waals surface area contributed by atoms with Crippen molar-refractivity contribution in [1.82, 2.24) is 4.90 Å². The summed E-state index contributed by atoms with van der Waals surface area (Å²) >= 11 is 5.27. The summed E-state index contributed by atoms with van der Waals surface area (Å²) in [6, 6.07) is 10.9. The second-order valence-corrected chi connectivity index (χ2v) is 12.1. The Bertz CT molecular complexity index is 1420. The molecule has 1 fully saturated rings. The lowest BCUT2D eigenvalue weighted by molar-refractivity contribution is -0.385. The number of rotatable bonds is 14. The van der Waals surface area contributed by atoms with Gasteiger partial charge in [-0.3, -0.25) is 39.5 Å². The molecule has 42 heavy (non-hydrogen) atoms. The zero-order valence-corrected chi connectivity index (χ0v) is 25.1. The van der Waals surface area contributed by atoms with Crippen LogP contribution in [0.2, 0.25) is 0 Å². The summed E-state index contributed by atoms with van der Waals surface area (Å²) in [5.74, 6) is -2.18. The molecule has 1 heterocycles. The predicted octanol–water partition coefficient (Wildman–Crippen LogP) is 4.70. The van der Waals surface area contributed by atoms with Crippen molar-refractivity contribution in [2.45, 2.75) is 52.0 Å². The zero-order chi connectivity index (χ0) is 31.4. The number of nitro benzene ring substituents is 2. The molecule has 224 valence electrons. The number of carbonyl (C=O) groups is 3. The van der Waals surface area contributed by atoms with E-state index in [1.54, 1.807) is 26.0 Å². The number of likely N-dealkylation sites (tertiary alicyclic amines) is 1. The molecule has 0 aromatic heterocycles. The molecule has 14 heteroatoms. The number of thiol groups is 1. The number of aryl methyl sites for hydroxylation is 1. The monoisotopic (exact) mass is 617 g/mol. The van der Waals surface area contributed by atoms with Crippen molar-refractivity contribution >= 4 is 52.6 Å². The van der Waals surface area contributed by atoms with Gasteiger partial charge in [0.15, 0.2) is 5.76 Å². The van der Waals surface area contributed by atoms with Crippen molar-refractivity contribution in [1.29, 1.82) is 0 Å². The molecule has 0 bridgehead atoms. The molecule has 1 N–H and O–H groups in total. The van der Waals surface area contributed by atoms with E-state index in [2.05, 4.69) is 12.6 Å². The molecular formula is C28H31N3O9S2. The highest BCUT2D eigenvalue weighted by Crippen LogP contribution is 2.43. The SMILES string of the molecule is CCS[C@@H]1[C@@H]([C@@H](C)O)C(=O)N1C(C(=O)S)=C(Oc1cccc([N+](=O)[O-])c1)C(=O)C(C)(C)CCc1ccc([N+](=O)[O-])cc1. The number of aliphatic hydroxyl groups excluding tert-OH is 1. The summed E-state index contributed by atoms with van der Waals surface area (Å²) in [5.41, 5.74) is -1.28. The number of nitro groups is 2. The molecular weight excluding hydrogens is 586 g/mol. The molecule has 1 aliphatic heterocycles. The predicted molar refractivity (Wildman–Crippen MR) is 159 cm³/mol. The fourth-order valence-corrected chi connectivity index (χ4v) is 5.93. The molecule has 3 atom stereocenters. The van der Waals surface area contributed by atoms with E-state index < -0.39 is 60.9 Å². The lowest BCUT2D eigenvalue weighted by Gasteiger charge is -2.48. The van der Waals surface area contributed by atoms with Gasteiger partial charge in [0.25, 0.3) is 11.4 Å². The quantitative estimate of drug-likeness (QED) is 0.0756. The van der Waals surface area contributed by atoms with Gasteiger partial charge in [-0.2, -0.15) is 0 Å². The molecule has 2 aromatic rings. The highest BCUT2D eigenvalue weighted by Gasteiger charge is 2.54. The third kappa shape index (κ3) is 7.17. The average molecular weight is 618 g/mol. The maximum atomic E-state index is 14.1. The minimum Gasteiger partial charge on any atom is -0.451 e. The van der Waals surface area contributed by atoms with Crippen molar-refractivity contribution in [2.24, 2.45) is 11.3 Å². The number of carbonyl (C=O) groups excluding carboxylic acids is 3. The number of benzene rings is 2. The van der Waals surface area contributed by atoms with Gasteiger partial charge in [0.1, 0.15) is 11.4 Å². The van der Waals surface area contributed by atoms with Crippen LogP contribution in [-0.2, 0) is 20.8 Å². The van der Waals surface area contributed by atoms with Crippen molar-refractivity contribution < 1.29 is 34.1 Å². The number of amides is 1. The number of nitrogens with zero attached hydrogens (tertiary/aromatic N) is 3. The first-order valence-electron chi connectivity index (χ1n) is 13.0. The number of non-ortho nitro benzene ring substituents is 2. The summed E-state index contributed by atoms with van der Waals surface area (Å²) in [4.78, 5) is 62.6. The molecule has 0 saturated carbocycles. The van der Waals surface area contributed by atoms with Crippen LogP contribution in [0.15, 0.2) is 60.0 Å². The van der Waals surface area contributed by atoms with Crippen LogP contribution in [0.4, 0.5) is 11.4 Å². The Morgan fingerprint density at radius 3 is 2.26 bits per heavy atom. The molecule has 0 radical (unpaired) electrons. The third-order valence-electron chi connectivity index (χ3n) is 6.86. The summed E-state index contributed by atoms with van der Waals surface area (Å²) < 4.78 is 5.91. The molecule has 2 aromatic carbocycles. The van der Waals surface area contributed by atoms with Crippen LogP contribution >= 0.6 is 24.4 Å². The smallest absolute Gasteiger partial charge is 0.273 e. The normalized spacial score (nSPS) is 18.0. The van der Waals surface area contributed by atoms with E-state index in [4.69, 9.17) is 4.74 Å². The average Bonchev–Trinajstić information content (AvgIpc) is 2.93. The Kier molecular flexibility index (Phi) is 10.5. The summed E-state index contributed by atoms with van der Waals surface area (Å²) in [6.07, 6.45) is -0.466. The van der Waals surface area contributed by atoms with Crippen molar-refractivity contribution in [3.05, 3.63) is 85.8 Å². The molecule has 1 aliphatic rings. The minimum absolute atomic E-state index is 0.0733. The Hall–Kier alpha value is -3.75. The Balaban J connectivity index is 2.08. The zero-order valence-electron chi connectivity index (χ0n) is 23.4. The lowest BCUT2D eigenvalue weighted by atomic mass is 9.80. The van der Waals surface area contributed by atoms with Crippen LogP contribution in [-0.4, -0.2) is 53.9 Å². The van der Waals surface area contributed by atoms with Crippen LogP contribution in [0.1, 0.15) is 39.7 Å². The van der Waals surface area contributed by atoms with Crippen LogP contribution in [0, 0.1) is 31.6 Å². The van der Waals surface area contributed by atoms with Crippen LogP contribution in [0.5, 0.6) is 5.75 Å². The molecule has 0 unspecified atom stereocenters. The number of hydrogen-bond acceptors (Lipinski definition) is 10. The van der Waals surface area contributed by atoms with E-state index in [1.807, 2.05) is 6.92 Å². The van der Waals surface area contributed by atoms with Crippen LogP contribution in [0.3, 0.4) is 0 Å². The Morgan fingerprint density at radius 2 is 1.74 bits per heavy atom. The van der Waals surface area contributed by atoms with Crippen LogP contribution < -0.4 is 4.74 Å². The van der Waals surface area contributed by atoms with Gasteiger partial charge in [0, 0.05) is 23.6 Å². The van der Waals surface area contributed by atoms with E-state index in [1.165, 1.54) is 49.0 Å². The first kappa shape index (κ1) is 32.8. The molecule has 3 rings (SSSR count). The fraction of sp³-hybridized carbons (Fsp3) is 0.393. The second kappa shape index (κ2) is 13.5. The highest BCUT2D eigenvalue weighted by molar-refractivity contribution is 8.00. The number of aliphatic hydroxyl groups is 1. The van der Waals surface area contributed by atoms with Gasteiger partial charge in [-0.25, -0.2) is 0 Å². The maximum Gasteiger partial charge on any atom is 0.273 e. The molecule has 1 saturated heterocycles. The van der Waals surface area contributed by atoms with Gasteiger partial charge in [0.05, 0.1) is 33.3 Å². The first-order valence-corrected chi connectivity index (χ1v) is 14.5. The molecule has 0 spiro atoms. The minimum atomic E-state index is -1.20. The van der Waals surface area contributed by atoms with E-state index in [0.29, 0.717) is 12.2 Å². The standard InChI is InChI=1S/C28H31N3O9S2/c1-5-42-26-21(16(2)32)25(34)29(26)22(27(35)41)23(40-20-8-6-7-19(15-20)31(38)39)24(33)28(3,4)14-13-17-9-11-18(12-10-17)30(36)37/h6-12,15-16,21,26,32H,5,13-14H2,1-4H3,(H,35,41)/t16-,21+,26-/m1/s1. The second-order valence-electron chi connectivity index (χ2n) is 10.3. The molecule has 0 aliphatic carbocycles. The number of Topliss-reactive ketones (excluding diaryl/α,β-unsaturated/α-hetero) is 1. The van der Waals surface area contributed by atoms with Crippen molar-refractivity contribution in [3.63, 3.8) is 0 Å². The fourth-order valence-electron chi connectivity index (χ4n) is 4.47. The van der Waals surface area contributed by atoms with E-state index in [9.17, 15) is 39.7 Å². The largest absolute Gasteiger partial charge is 0.451 e. The van der Waals surface area contributed by atoms with Gasteiger partial charge in [-0.15, -0.1) is 11.8 Å². The van der Waals surface area contributed by atoms with Crippen molar-refractivity contribution in [2.75, 3.05) is 5.75 Å². The number of ether oxygens (including phenoxy) is 1. The van der Waals surface area contributed by atoms with Gasteiger partial charge >= 0.3 is 0 Å². The van der Waals surface area contributed by atoms with E-state index >= 15 is 0 Å².